The second kappa shape index (κ2) is 25.1. The number of methoxy groups -OCH3 is 1. The first-order valence-electron chi connectivity index (χ1n) is 19.9. The SMILES string of the molecule is CCC(=O)N[C@@H](C)C(=O)N[C@@H](C[C@H](C)CCC(C)[C@H](NC(=O)[C@H](Cc1ccc(OC)cc1)NC(=O)CC(C)C)C(=O)N[C@@H](CC(C)C)[C@H](C)O)[C@@H](O)CC(=O)O. The molecule has 1 rings (SSSR count). The number of hydrogen-bond donors (Lipinski definition) is 8. The van der Waals surface area contributed by atoms with Gasteiger partial charge in [-0.05, 0) is 74.5 Å². The molecule has 9 atom stereocenters. The Morgan fingerprint density at radius 3 is 1.80 bits per heavy atom. The van der Waals surface area contributed by atoms with Gasteiger partial charge >= 0.3 is 5.97 Å². The number of nitrogens with one attached hydrogen (secondary N) is 5. The molecular weight excluding hydrogens is 722 g/mol. The summed E-state index contributed by atoms with van der Waals surface area (Å²) >= 11 is 0. The smallest absolute Gasteiger partial charge is 0.306 e. The van der Waals surface area contributed by atoms with E-state index in [2.05, 4.69) is 26.6 Å². The molecule has 5 amide bonds. The molecule has 0 saturated heterocycles. The molecule has 0 aliphatic rings. The van der Waals surface area contributed by atoms with Gasteiger partial charge in [-0.15, -0.1) is 0 Å². The highest BCUT2D eigenvalue weighted by molar-refractivity contribution is 5.92. The molecule has 1 aromatic carbocycles. The van der Waals surface area contributed by atoms with E-state index >= 15 is 0 Å². The number of rotatable bonds is 26. The van der Waals surface area contributed by atoms with Gasteiger partial charge in [0.25, 0.3) is 0 Å². The van der Waals surface area contributed by atoms with Gasteiger partial charge in [0.1, 0.15) is 23.9 Å². The van der Waals surface area contributed by atoms with E-state index in [0.29, 0.717) is 25.0 Å². The normalized spacial score (nSPS) is 16.2. The second-order valence-corrected chi connectivity index (χ2v) is 16.1. The average molecular weight is 792 g/mol. The molecule has 0 saturated carbocycles. The minimum absolute atomic E-state index is 0.0436. The van der Waals surface area contributed by atoms with Crippen LogP contribution in [0.3, 0.4) is 0 Å². The van der Waals surface area contributed by atoms with Gasteiger partial charge < -0.3 is 46.6 Å². The van der Waals surface area contributed by atoms with Crippen molar-refractivity contribution in [2.75, 3.05) is 7.11 Å². The summed E-state index contributed by atoms with van der Waals surface area (Å²) in [7, 11) is 1.55. The summed E-state index contributed by atoms with van der Waals surface area (Å²) in [5.74, 6) is -3.34. The van der Waals surface area contributed by atoms with Crippen molar-refractivity contribution >= 4 is 35.5 Å². The van der Waals surface area contributed by atoms with Crippen molar-refractivity contribution in [3.63, 3.8) is 0 Å². The molecule has 56 heavy (non-hydrogen) atoms. The number of carboxylic acid groups (broad SMARTS) is 1. The lowest BCUT2D eigenvalue weighted by atomic mass is 9.87. The number of carbonyl (C=O) groups excluding carboxylic acids is 5. The molecule has 15 nitrogen and oxygen atoms in total. The monoisotopic (exact) mass is 792 g/mol. The highest BCUT2D eigenvalue weighted by Gasteiger charge is 2.34. The van der Waals surface area contributed by atoms with Crippen molar-refractivity contribution in [3.8, 4) is 5.75 Å². The van der Waals surface area contributed by atoms with Gasteiger partial charge in [0.2, 0.25) is 29.5 Å². The van der Waals surface area contributed by atoms with Gasteiger partial charge in [0.05, 0.1) is 37.8 Å². The van der Waals surface area contributed by atoms with Crippen LogP contribution in [-0.2, 0) is 35.2 Å². The highest BCUT2D eigenvalue weighted by atomic mass is 16.5. The van der Waals surface area contributed by atoms with Crippen LogP contribution in [0.5, 0.6) is 5.75 Å². The first-order valence-corrected chi connectivity index (χ1v) is 19.9. The third-order valence-electron chi connectivity index (χ3n) is 9.67. The molecule has 1 unspecified atom stereocenters. The van der Waals surface area contributed by atoms with E-state index in [1.165, 1.54) is 6.92 Å². The minimum Gasteiger partial charge on any atom is -0.497 e. The molecule has 0 aromatic heterocycles. The summed E-state index contributed by atoms with van der Waals surface area (Å²) < 4.78 is 5.26. The van der Waals surface area contributed by atoms with Gasteiger partial charge in [0.15, 0.2) is 0 Å². The number of benzene rings is 1. The van der Waals surface area contributed by atoms with Gasteiger partial charge in [0, 0.05) is 19.3 Å². The predicted octanol–water partition coefficient (Wildman–Crippen LogP) is 2.84. The van der Waals surface area contributed by atoms with Crippen LogP contribution in [0.1, 0.15) is 113 Å². The second-order valence-electron chi connectivity index (χ2n) is 16.1. The zero-order valence-corrected chi connectivity index (χ0v) is 35.0. The number of aliphatic hydroxyl groups is 2. The fourth-order valence-corrected chi connectivity index (χ4v) is 6.32. The Morgan fingerprint density at radius 1 is 0.679 bits per heavy atom. The predicted molar refractivity (Wildman–Crippen MR) is 213 cm³/mol. The van der Waals surface area contributed by atoms with Gasteiger partial charge in [-0.25, -0.2) is 0 Å². The van der Waals surface area contributed by atoms with Crippen LogP contribution in [0.2, 0.25) is 0 Å². The maximum Gasteiger partial charge on any atom is 0.306 e. The molecule has 0 aliphatic carbocycles. The Labute approximate surface area is 332 Å². The van der Waals surface area contributed by atoms with Crippen LogP contribution in [0.25, 0.3) is 0 Å². The van der Waals surface area contributed by atoms with E-state index in [1.54, 1.807) is 45.2 Å². The number of amides is 5. The molecule has 0 fully saturated rings. The van der Waals surface area contributed by atoms with Crippen molar-refractivity contribution < 1.29 is 48.8 Å². The standard InChI is InChI=1S/C41H69N5O10/c1-11-35(49)42-27(8)39(53)45-32(34(48)22-37(51)52)20-25(6)12-13-26(7)38(41(55)44-31(28(9)47)18-23(2)3)46-40(54)33(43-36(50)19-24(4)5)21-29-14-16-30(56-10)17-15-29/h14-17,23-28,31-34,38,47-48H,11-13,18-22H2,1-10H3,(H,42,49)(H,43,50)(H,44,55)(H,45,53)(H,46,54)(H,51,52)/t25-,26?,27+,28+,31+,32+,33+,34+,38+/m1/s1. The van der Waals surface area contributed by atoms with Gasteiger partial charge in [-0.3, -0.25) is 28.8 Å². The summed E-state index contributed by atoms with van der Waals surface area (Å²) in [4.78, 5) is 77.3. The number of ether oxygens (including phenoxy) is 1. The Bertz CT molecular complexity index is 1400. The average Bonchev–Trinajstić information content (AvgIpc) is 3.10. The summed E-state index contributed by atoms with van der Waals surface area (Å²) in [5, 5.41) is 44.6. The number of aliphatic carboxylic acids is 1. The molecule has 0 aliphatic heterocycles. The maximum absolute atomic E-state index is 14.1. The Morgan fingerprint density at radius 2 is 1.29 bits per heavy atom. The summed E-state index contributed by atoms with van der Waals surface area (Å²) in [6.45, 7) is 16.1. The largest absolute Gasteiger partial charge is 0.497 e. The minimum atomic E-state index is -1.41. The van der Waals surface area contributed by atoms with E-state index in [4.69, 9.17) is 4.74 Å². The van der Waals surface area contributed by atoms with E-state index in [9.17, 15) is 44.1 Å². The molecular formula is C41H69N5O10. The summed E-state index contributed by atoms with van der Waals surface area (Å²) in [5.41, 5.74) is 0.763. The van der Waals surface area contributed by atoms with E-state index in [1.807, 2.05) is 41.5 Å². The van der Waals surface area contributed by atoms with Crippen molar-refractivity contribution in [2.24, 2.45) is 23.7 Å². The lowest BCUT2D eigenvalue weighted by Gasteiger charge is -2.31. The van der Waals surface area contributed by atoms with Crippen LogP contribution < -0.4 is 31.3 Å². The van der Waals surface area contributed by atoms with Crippen molar-refractivity contribution in [3.05, 3.63) is 29.8 Å². The topological polar surface area (TPSA) is 232 Å². The molecule has 0 heterocycles. The molecule has 15 heteroatoms. The third-order valence-corrected chi connectivity index (χ3v) is 9.67. The fourth-order valence-electron chi connectivity index (χ4n) is 6.32. The Kier molecular flexibility index (Phi) is 22.3. The quantitative estimate of drug-likeness (QED) is 0.0684. The lowest BCUT2D eigenvalue weighted by Crippen LogP contribution is -2.58. The maximum atomic E-state index is 14.1. The third kappa shape index (κ3) is 19.1. The van der Waals surface area contributed by atoms with Crippen molar-refractivity contribution in [2.45, 2.75) is 156 Å². The summed E-state index contributed by atoms with van der Waals surface area (Å²) in [6.07, 6.45) is -0.826. The molecule has 0 radical (unpaired) electrons. The zero-order valence-electron chi connectivity index (χ0n) is 35.0. The van der Waals surface area contributed by atoms with E-state index in [0.717, 1.165) is 5.56 Å². The lowest BCUT2D eigenvalue weighted by molar-refractivity contribution is -0.140. The summed E-state index contributed by atoms with van der Waals surface area (Å²) in [6, 6.07) is 2.59. The van der Waals surface area contributed by atoms with Crippen LogP contribution in [0.15, 0.2) is 24.3 Å². The van der Waals surface area contributed by atoms with Crippen LogP contribution in [0, 0.1) is 23.7 Å². The zero-order chi connectivity index (χ0) is 42.7. The first kappa shape index (κ1) is 49.8. The Hall–Kier alpha value is -4.24. The van der Waals surface area contributed by atoms with Crippen LogP contribution >= 0.6 is 0 Å². The first-order chi connectivity index (χ1) is 26.2. The number of carbonyl (C=O) groups is 6. The number of aliphatic hydroxyl groups excluding tert-OH is 2. The Balaban J connectivity index is 3.36. The van der Waals surface area contributed by atoms with Crippen LogP contribution in [0.4, 0.5) is 0 Å². The molecule has 0 spiro atoms. The molecule has 1 aromatic rings. The number of carboxylic acids is 1. The van der Waals surface area contributed by atoms with Gasteiger partial charge in [-0.2, -0.15) is 0 Å². The van der Waals surface area contributed by atoms with Gasteiger partial charge in [-0.1, -0.05) is 67.0 Å². The fraction of sp³-hybridized carbons (Fsp3) is 0.707. The highest BCUT2D eigenvalue weighted by Crippen LogP contribution is 2.22. The van der Waals surface area contributed by atoms with E-state index < -0.39 is 78.4 Å². The van der Waals surface area contributed by atoms with Crippen LogP contribution in [-0.4, -0.2) is 100 Å². The number of hydrogen-bond acceptors (Lipinski definition) is 9. The molecule has 318 valence electrons. The van der Waals surface area contributed by atoms with E-state index in [-0.39, 0.29) is 55.3 Å². The van der Waals surface area contributed by atoms with Crippen molar-refractivity contribution in [1.82, 2.24) is 26.6 Å². The van der Waals surface area contributed by atoms with Crippen molar-refractivity contribution in [1.29, 1.82) is 0 Å². The molecule has 0 bridgehead atoms. The molecule has 8 N–H and O–H groups in total.